The third-order valence-corrected chi connectivity index (χ3v) is 3.41. The van der Waals surface area contributed by atoms with Gasteiger partial charge in [-0.1, -0.05) is 13.8 Å². The Morgan fingerprint density at radius 1 is 1.29 bits per heavy atom. The van der Waals surface area contributed by atoms with E-state index in [1.165, 1.54) is 7.05 Å². The van der Waals surface area contributed by atoms with E-state index >= 15 is 0 Å². The second-order valence-corrected chi connectivity index (χ2v) is 4.73. The molecule has 0 aliphatic carbocycles. The minimum atomic E-state index is -4.43. The van der Waals surface area contributed by atoms with Gasteiger partial charge in [0.1, 0.15) is 11.6 Å². The number of rotatable bonds is 7. The summed E-state index contributed by atoms with van der Waals surface area (Å²) in [6, 6.07) is 2.06. The van der Waals surface area contributed by atoms with E-state index in [9.17, 15) is 18.3 Å². The SMILES string of the molecule is CCC(CC)N(CCO)c1cc(C(F)(F)F)cc(NC)n1. The lowest BCUT2D eigenvalue weighted by Gasteiger charge is -2.31. The lowest BCUT2D eigenvalue weighted by Crippen LogP contribution is -2.37. The summed E-state index contributed by atoms with van der Waals surface area (Å²) in [5.41, 5.74) is -0.745. The van der Waals surface area contributed by atoms with Gasteiger partial charge in [0, 0.05) is 19.6 Å². The predicted molar refractivity (Wildman–Crippen MR) is 77.6 cm³/mol. The molecule has 4 nitrogen and oxygen atoms in total. The first-order chi connectivity index (χ1) is 9.87. The van der Waals surface area contributed by atoms with Crippen LogP contribution in [0.3, 0.4) is 0 Å². The normalized spacial score (nSPS) is 11.8. The molecule has 0 aromatic carbocycles. The molecule has 0 aliphatic rings. The highest BCUT2D eigenvalue weighted by Gasteiger charge is 2.32. The van der Waals surface area contributed by atoms with Gasteiger partial charge in [-0.15, -0.1) is 0 Å². The summed E-state index contributed by atoms with van der Waals surface area (Å²) in [5.74, 6) is 0.394. The first kappa shape index (κ1) is 17.6. The minimum absolute atomic E-state index is 0.0397. The molecule has 1 aromatic rings. The van der Waals surface area contributed by atoms with Crippen LogP contribution in [0.1, 0.15) is 32.3 Å². The molecule has 120 valence electrons. The van der Waals surface area contributed by atoms with E-state index in [-0.39, 0.29) is 30.8 Å². The zero-order valence-electron chi connectivity index (χ0n) is 12.5. The Balaban J connectivity index is 3.29. The summed E-state index contributed by atoms with van der Waals surface area (Å²) >= 11 is 0. The number of alkyl halides is 3. The average molecular weight is 305 g/mol. The van der Waals surface area contributed by atoms with E-state index in [0.717, 1.165) is 25.0 Å². The molecule has 0 atom stereocenters. The van der Waals surface area contributed by atoms with Crippen LogP contribution in [-0.4, -0.2) is 36.3 Å². The number of aliphatic hydroxyl groups excluding tert-OH is 1. The average Bonchev–Trinajstić information content (AvgIpc) is 2.46. The monoisotopic (exact) mass is 305 g/mol. The summed E-state index contributed by atoms with van der Waals surface area (Å²) in [4.78, 5) is 5.94. The molecule has 0 unspecified atom stereocenters. The number of nitrogens with one attached hydrogen (secondary N) is 1. The van der Waals surface area contributed by atoms with E-state index in [1.54, 1.807) is 4.90 Å². The number of halogens is 3. The molecule has 0 fully saturated rings. The molecule has 21 heavy (non-hydrogen) atoms. The Hall–Kier alpha value is -1.50. The van der Waals surface area contributed by atoms with Crippen LogP contribution in [-0.2, 0) is 6.18 Å². The first-order valence-electron chi connectivity index (χ1n) is 7.01. The number of hydrogen-bond donors (Lipinski definition) is 2. The van der Waals surface area contributed by atoms with Crippen molar-refractivity contribution in [1.82, 2.24) is 4.98 Å². The second-order valence-electron chi connectivity index (χ2n) is 4.73. The van der Waals surface area contributed by atoms with Crippen molar-refractivity contribution in [3.05, 3.63) is 17.7 Å². The molecule has 1 heterocycles. The zero-order valence-corrected chi connectivity index (χ0v) is 12.5. The summed E-state index contributed by atoms with van der Waals surface area (Å²) in [7, 11) is 1.53. The number of hydrogen-bond acceptors (Lipinski definition) is 4. The highest BCUT2D eigenvalue weighted by molar-refractivity contribution is 5.51. The molecule has 0 saturated carbocycles. The van der Waals surface area contributed by atoms with Gasteiger partial charge in [-0.05, 0) is 25.0 Å². The van der Waals surface area contributed by atoms with Crippen LogP contribution < -0.4 is 10.2 Å². The highest BCUT2D eigenvalue weighted by Crippen LogP contribution is 2.33. The van der Waals surface area contributed by atoms with Gasteiger partial charge in [-0.2, -0.15) is 13.2 Å². The summed E-state index contributed by atoms with van der Waals surface area (Å²) in [6.07, 6.45) is -2.89. The van der Waals surface area contributed by atoms with E-state index in [1.807, 2.05) is 13.8 Å². The number of nitrogens with zero attached hydrogens (tertiary/aromatic N) is 2. The number of aromatic nitrogens is 1. The Kier molecular flexibility index (Phi) is 6.26. The fraction of sp³-hybridized carbons (Fsp3) is 0.643. The number of aliphatic hydroxyl groups is 1. The molecule has 1 rings (SSSR count). The van der Waals surface area contributed by atoms with Crippen molar-refractivity contribution in [3.63, 3.8) is 0 Å². The standard InChI is InChI=1S/C14H22F3N3O/c1-4-11(5-2)20(6-7-21)13-9-10(14(15,16)17)8-12(18-3)19-13/h8-9,11,21H,4-7H2,1-3H3,(H,18,19). The van der Waals surface area contributed by atoms with Crippen LogP contribution in [0.5, 0.6) is 0 Å². The van der Waals surface area contributed by atoms with Crippen molar-refractivity contribution in [2.24, 2.45) is 0 Å². The summed E-state index contributed by atoms with van der Waals surface area (Å²) < 4.78 is 38.9. The predicted octanol–water partition coefficient (Wildman–Crippen LogP) is 3.13. The van der Waals surface area contributed by atoms with Crippen molar-refractivity contribution < 1.29 is 18.3 Å². The zero-order chi connectivity index (χ0) is 16.0. The van der Waals surface area contributed by atoms with Crippen molar-refractivity contribution in [2.75, 3.05) is 30.4 Å². The Morgan fingerprint density at radius 2 is 1.90 bits per heavy atom. The number of pyridine rings is 1. The maximum atomic E-state index is 13.0. The largest absolute Gasteiger partial charge is 0.416 e. The molecular formula is C14H22F3N3O. The topological polar surface area (TPSA) is 48.4 Å². The minimum Gasteiger partial charge on any atom is -0.395 e. The van der Waals surface area contributed by atoms with E-state index in [2.05, 4.69) is 10.3 Å². The molecule has 7 heteroatoms. The molecular weight excluding hydrogens is 283 g/mol. The van der Waals surface area contributed by atoms with E-state index in [0.29, 0.717) is 0 Å². The van der Waals surface area contributed by atoms with Gasteiger partial charge in [0.05, 0.1) is 12.2 Å². The molecule has 0 bridgehead atoms. The van der Waals surface area contributed by atoms with Crippen molar-refractivity contribution in [1.29, 1.82) is 0 Å². The van der Waals surface area contributed by atoms with Gasteiger partial charge >= 0.3 is 6.18 Å². The molecule has 0 saturated heterocycles. The Morgan fingerprint density at radius 3 is 2.33 bits per heavy atom. The summed E-state index contributed by atoms with van der Waals surface area (Å²) in [6.45, 7) is 4.05. The quantitative estimate of drug-likeness (QED) is 0.812. The van der Waals surface area contributed by atoms with Crippen LogP contribution in [0, 0.1) is 0 Å². The smallest absolute Gasteiger partial charge is 0.395 e. The van der Waals surface area contributed by atoms with Crippen LogP contribution in [0.4, 0.5) is 24.8 Å². The van der Waals surface area contributed by atoms with Gasteiger partial charge in [-0.25, -0.2) is 4.98 Å². The lowest BCUT2D eigenvalue weighted by molar-refractivity contribution is -0.137. The molecule has 2 N–H and O–H groups in total. The number of anilines is 2. The third-order valence-electron chi connectivity index (χ3n) is 3.41. The van der Waals surface area contributed by atoms with Crippen LogP contribution in [0.25, 0.3) is 0 Å². The van der Waals surface area contributed by atoms with Gasteiger partial charge in [-0.3, -0.25) is 0 Å². The van der Waals surface area contributed by atoms with Gasteiger partial charge in [0.25, 0.3) is 0 Å². The molecule has 0 spiro atoms. The van der Waals surface area contributed by atoms with Crippen molar-refractivity contribution >= 4 is 11.6 Å². The second kappa shape index (κ2) is 7.49. The van der Waals surface area contributed by atoms with Crippen molar-refractivity contribution in [3.8, 4) is 0 Å². The third kappa shape index (κ3) is 4.49. The fourth-order valence-electron chi connectivity index (χ4n) is 2.28. The van der Waals surface area contributed by atoms with E-state index in [4.69, 9.17) is 0 Å². The van der Waals surface area contributed by atoms with Crippen molar-refractivity contribution in [2.45, 2.75) is 38.9 Å². The Labute approximate surface area is 123 Å². The molecule has 0 aliphatic heterocycles. The van der Waals surface area contributed by atoms with E-state index < -0.39 is 11.7 Å². The van der Waals surface area contributed by atoms with Crippen LogP contribution in [0.2, 0.25) is 0 Å². The fourth-order valence-corrected chi connectivity index (χ4v) is 2.28. The lowest BCUT2D eigenvalue weighted by atomic mass is 10.1. The molecule has 0 radical (unpaired) electrons. The molecule has 1 aromatic heterocycles. The maximum Gasteiger partial charge on any atom is 0.416 e. The Bertz CT molecular complexity index is 448. The first-order valence-corrected chi connectivity index (χ1v) is 7.01. The van der Waals surface area contributed by atoms with Crippen LogP contribution in [0.15, 0.2) is 12.1 Å². The molecule has 0 amide bonds. The van der Waals surface area contributed by atoms with Gasteiger partial charge < -0.3 is 15.3 Å². The van der Waals surface area contributed by atoms with Gasteiger partial charge in [0.2, 0.25) is 0 Å². The highest BCUT2D eigenvalue weighted by atomic mass is 19.4. The van der Waals surface area contributed by atoms with Crippen LogP contribution >= 0.6 is 0 Å². The van der Waals surface area contributed by atoms with Gasteiger partial charge in [0.15, 0.2) is 0 Å². The maximum absolute atomic E-state index is 13.0. The summed E-state index contributed by atoms with van der Waals surface area (Å²) in [5, 5.41) is 11.8.